The van der Waals surface area contributed by atoms with E-state index in [1.807, 2.05) is 14.1 Å². The maximum atomic E-state index is 14.1. The van der Waals surface area contributed by atoms with Crippen LogP contribution >= 0.6 is 0 Å². The highest BCUT2D eigenvalue weighted by Gasteiger charge is 2.13. The van der Waals surface area contributed by atoms with Crippen LogP contribution in [-0.2, 0) is 6.42 Å². The van der Waals surface area contributed by atoms with Gasteiger partial charge in [0.15, 0.2) is 23.0 Å². The number of hydrogen-bond acceptors (Lipinski definition) is 7. The molecule has 3 rings (SSSR count). The number of ether oxygens (including phenoxy) is 2. The maximum Gasteiger partial charge on any atom is 0.336 e. The van der Waals surface area contributed by atoms with Crippen LogP contribution in [0.2, 0.25) is 0 Å². The second kappa shape index (κ2) is 10.2. The molecule has 0 bridgehead atoms. The SMILES string of the molecule is CCCCOc1nc(N)c2ncc(Cc3ccc(F)c(OCCCN(C)C)c3)n2n1. The second-order valence-corrected chi connectivity index (χ2v) is 7.41. The summed E-state index contributed by atoms with van der Waals surface area (Å²) in [7, 11) is 3.99. The first kappa shape index (κ1) is 21.8. The molecule has 162 valence electrons. The highest BCUT2D eigenvalue weighted by atomic mass is 19.1. The molecular formula is C21H29FN6O2. The Morgan fingerprint density at radius 3 is 2.73 bits per heavy atom. The van der Waals surface area contributed by atoms with Gasteiger partial charge in [0.25, 0.3) is 0 Å². The van der Waals surface area contributed by atoms with Gasteiger partial charge in [0.05, 0.1) is 25.1 Å². The Balaban J connectivity index is 1.76. The molecule has 0 spiro atoms. The molecule has 2 heterocycles. The number of aromatic nitrogens is 4. The van der Waals surface area contributed by atoms with Gasteiger partial charge in [0, 0.05) is 13.0 Å². The molecule has 3 aromatic rings. The molecule has 0 atom stereocenters. The molecule has 1 aromatic carbocycles. The first-order valence-corrected chi connectivity index (χ1v) is 10.2. The summed E-state index contributed by atoms with van der Waals surface area (Å²) < 4.78 is 27.0. The molecule has 2 aromatic heterocycles. The van der Waals surface area contributed by atoms with E-state index < -0.39 is 0 Å². The lowest BCUT2D eigenvalue weighted by molar-refractivity contribution is 0.271. The van der Waals surface area contributed by atoms with Crippen LogP contribution in [-0.4, -0.2) is 58.3 Å². The predicted octanol–water partition coefficient (Wildman–Crippen LogP) is 2.95. The van der Waals surface area contributed by atoms with E-state index in [-0.39, 0.29) is 23.4 Å². The maximum absolute atomic E-state index is 14.1. The summed E-state index contributed by atoms with van der Waals surface area (Å²) in [6, 6.07) is 5.08. The molecular weight excluding hydrogens is 387 g/mol. The van der Waals surface area contributed by atoms with Crippen LogP contribution in [0.25, 0.3) is 5.65 Å². The number of benzene rings is 1. The zero-order chi connectivity index (χ0) is 21.5. The van der Waals surface area contributed by atoms with Crippen LogP contribution in [0.4, 0.5) is 10.2 Å². The molecule has 0 radical (unpaired) electrons. The second-order valence-electron chi connectivity index (χ2n) is 7.41. The number of nitrogens with zero attached hydrogens (tertiary/aromatic N) is 5. The fourth-order valence-corrected chi connectivity index (χ4v) is 2.96. The van der Waals surface area contributed by atoms with Crippen molar-refractivity contribution in [1.29, 1.82) is 0 Å². The smallest absolute Gasteiger partial charge is 0.336 e. The van der Waals surface area contributed by atoms with Crippen LogP contribution in [0, 0.1) is 5.82 Å². The molecule has 0 aliphatic heterocycles. The molecule has 9 heteroatoms. The lowest BCUT2D eigenvalue weighted by Crippen LogP contribution is -2.15. The van der Waals surface area contributed by atoms with Crippen molar-refractivity contribution in [1.82, 2.24) is 24.5 Å². The number of fused-ring (bicyclic) bond motifs is 1. The first-order chi connectivity index (χ1) is 14.5. The van der Waals surface area contributed by atoms with Crippen molar-refractivity contribution in [3.05, 3.63) is 41.5 Å². The molecule has 2 N–H and O–H groups in total. The van der Waals surface area contributed by atoms with Gasteiger partial charge in [-0.25, -0.2) is 13.9 Å². The summed E-state index contributed by atoms with van der Waals surface area (Å²) in [5, 5.41) is 4.41. The largest absolute Gasteiger partial charge is 0.490 e. The van der Waals surface area contributed by atoms with Crippen molar-refractivity contribution in [2.45, 2.75) is 32.6 Å². The Morgan fingerprint density at radius 2 is 1.97 bits per heavy atom. The quantitative estimate of drug-likeness (QED) is 0.481. The Morgan fingerprint density at radius 1 is 1.17 bits per heavy atom. The normalized spacial score (nSPS) is 11.4. The first-order valence-electron chi connectivity index (χ1n) is 10.2. The topological polar surface area (TPSA) is 90.8 Å². The molecule has 0 saturated heterocycles. The summed E-state index contributed by atoms with van der Waals surface area (Å²) >= 11 is 0. The minimum Gasteiger partial charge on any atom is -0.490 e. The third-order valence-electron chi connectivity index (χ3n) is 4.56. The number of nitrogen functional groups attached to an aromatic ring is 1. The van der Waals surface area contributed by atoms with E-state index >= 15 is 0 Å². The van der Waals surface area contributed by atoms with Crippen molar-refractivity contribution in [3.63, 3.8) is 0 Å². The molecule has 30 heavy (non-hydrogen) atoms. The average molecular weight is 417 g/mol. The van der Waals surface area contributed by atoms with E-state index in [0.717, 1.165) is 37.1 Å². The van der Waals surface area contributed by atoms with E-state index in [4.69, 9.17) is 15.2 Å². The van der Waals surface area contributed by atoms with Gasteiger partial charge in [-0.3, -0.25) is 0 Å². The summed E-state index contributed by atoms with van der Waals surface area (Å²) in [6.45, 7) is 3.94. The van der Waals surface area contributed by atoms with Crippen molar-refractivity contribution in [2.24, 2.45) is 0 Å². The van der Waals surface area contributed by atoms with Crippen LogP contribution in [0.3, 0.4) is 0 Å². The number of unbranched alkanes of at least 4 members (excludes halogenated alkanes) is 1. The van der Waals surface area contributed by atoms with Crippen LogP contribution in [0.15, 0.2) is 24.4 Å². The van der Waals surface area contributed by atoms with Gasteiger partial charge in [-0.15, -0.1) is 5.10 Å². The van der Waals surface area contributed by atoms with Crippen LogP contribution in [0.5, 0.6) is 11.8 Å². The Labute approximate surface area is 175 Å². The minimum atomic E-state index is -0.375. The molecule has 0 saturated carbocycles. The summed E-state index contributed by atoms with van der Waals surface area (Å²) in [4.78, 5) is 10.5. The Bertz CT molecular complexity index is 976. The number of imidazole rings is 1. The number of rotatable bonds is 11. The molecule has 0 aliphatic rings. The summed E-state index contributed by atoms with van der Waals surface area (Å²) in [5.41, 5.74) is 8.16. The minimum absolute atomic E-state index is 0.219. The summed E-state index contributed by atoms with van der Waals surface area (Å²) in [6.07, 6.45) is 4.92. The number of hydrogen-bond donors (Lipinski definition) is 1. The van der Waals surface area contributed by atoms with Gasteiger partial charge in [-0.05, 0) is 44.6 Å². The molecule has 0 amide bonds. The van der Waals surface area contributed by atoms with Crippen LogP contribution in [0.1, 0.15) is 37.4 Å². The van der Waals surface area contributed by atoms with Gasteiger partial charge in [-0.2, -0.15) is 4.98 Å². The number of anilines is 1. The van der Waals surface area contributed by atoms with E-state index in [2.05, 4.69) is 26.9 Å². The molecule has 8 nitrogen and oxygen atoms in total. The number of nitrogens with two attached hydrogens (primary N) is 1. The third kappa shape index (κ3) is 5.56. The standard InChI is InChI=1S/C21H29FN6O2/c1-4-5-10-30-21-25-19(23)20-24-14-16(28(20)26-21)12-15-7-8-17(22)18(13-15)29-11-6-9-27(2)3/h7-8,13-14H,4-6,9-12H2,1-3H3,(H2,23,25,26). The molecule has 0 fully saturated rings. The Hall–Kier alpha value is -2.94. The van der Waals surface area contributed by atoms with Gasteiger partial charge in [-0.1, -0.05) is 19.4 Å². The van der Waals surface area contributed by atoms with Crippen molar-refractivity contribution >= 4 is 11.5 Å². The van der Waals surface area contributed by atoms with Crippen molar-refractivity contribution < 1.29 is 13.9 Å². The van der Waals surface area contributed by atoms with E-state index in [1.165, 1.54) is 6.07 Å². The zero-order valence-electron chi connectivity index (χ0n) is 17.8. The Kier molecular flexibility index (Phi) is 7.40. The number of halogens is 1. The lowest BCUT2D eigenvalue weighted by atomic mass is 10.1. The molecule has 0 unspecified atom stereocenters. The van der Waals surface area contributed by atoms with Crippen molar-refractivity contribution in [2.75, 3.05) is 39.6 Å². The predicted molar refractivity (Wildman–Crippen MR) is 113 cm³/mol. The fourth-order valence-electron chi connectivity index (χ4n) is 2.96. The lowest BCUT2D eigenvalue weighted by Gasteiger charge is -2.12. The van der Waals surface area contributed by atoms with Crippen LogP contribution < -0.4 is 15.2 Å². The highest BCUT2D eigenvalue weighted by molar-refractivity contribution is 5.59. The monoisotopic (exact) mass is 416 g/mol. The summed E-state index contributed by atoms with van der Waals surface area (Å²) in [5.74, 6) is 0.129. The van der Waals surface area contributed by atoms with Crippen molar-refractivity contribution in [3.8, 4) is 11.8 Å². The molecule has 0 aliphatic carbocycles. The fraction of sp³-hybridized carbons (Fsp3) is 0.476. The van der Waals surface area contributed by atoms with Gasteiger partial charge >= 0.3 is 6.01 Å². The van der Waals surface area contributed by atoms with Gasteiger partial charge < -0.3 is 20.1 Å². The van der Waals surface area contributed by atoms with E-state index in [9.17, 15) is 4.39 Å². The van der Waals surface area contributed by atoms with Gasteiger partial charge in [0.1, 0.15) is 0 Å². The average Bonchev–Trinajstić information content (AvgIpc) is 3.11. The zero-order valence-corrected chi connectivity index (χ0v) is 17.8. The van der Waals surface area contributed by atoms with E-state index in [0.29, 0.717) is 25.3 Å². The van der Waals surface area contributed by atoms with Gasteiger partial charge in [0.2, 0.25) is 0 Å². The van der Waals surface area contributed by atoms with E-state index in [1.54, 1.807) is 22.8 Å². The highest BCUT2D eigenvalue weighted by Crippen LogP contribution is 2.22. The third-order valence-corrected chi connectivity index (χ3v) is 4.56.